The smallest absolute Gasteiger partial charge is 0.347 e. The van der Waals surface area contributed by atoms with Gasteiger partial charge in [0.25, 0.3) is 0 Å². The van der Waals surface area contributed by atoms with Gasteiger partial charge in [-0.1, -0.05) is 29.8 Å². The molecule has 0 aliphatic rings. The van der Waals surface area contributed by atoms with Gasteiger partial charge in [-0.15, -0.1) is 0 Å². The molecule has 138 valence electrons. The standard InChI is InChI=1S/C22H20ClNO3/c1-3-24(4-2)18-9-5-15(6-10-18)7-11-20(25)19-14-16-13-17(23)8-12-21(16)27-22(19)26/h5-14H,3-4H2,1-2H3/b11-7+. The Bertz CT molecular complexity index is 1050. The zero-order valence-corrected chi connectivity index (χ0v) is 16.0. The van der Waals surface area contributed by atoms with Crippen molar-refractivity contribution in [2.24, 2.45) is 0 Å². The van der Waals surface area contributed by atoms with Gasteiger partial charge in [-0.05, 0) is 61.9 Å². The summed E-state index contributed by atoms with van der Waals surface area (Å²) in [6, 6.07) is 14.3. The SMILES string of the molecule is CCN(CC)c1ccc(/C=C/C(=O)c2cc3cc(Cl)ccc3oc2=O)cc1. The maximum absolute atomic E-state index is 12.4. The van der Waals surface area contributed by atoms with Crippen molar-refractivity contribution in [3.8, 4) is 0 Å². The number of carbonyl (C=O) groups is 1. The Balaban J connectivity index is 1.83. The van der Waals surface area contributed by atoms with E-state index in [9.17, 15) is 9.59 Å². The number of benzene rings is 2. The summed E-state index contributed by atoms with van der Waals surface area (Å²) in [6.07, 6.45) is 3.07. The molecular weight excluding hydrogens is 362 g/mol. The van der Waals surface area contributed by atoms with Crippen LogP contribution in [0.15, 0.2) is 63.8 Å². The van der Waals surface area contributed by atoms with Crippen molar-refractivity contribution in [1.82, 2.24) is 0 Å². The molecule has 3 rings (SSSR count). The minimum Gasteiger partial charge on any atom is -0.422 e. The average Bonchev–Trinajstić information content (AvgIpc) is 2.68. The van der Waals surface area contributed by atoms with Gasteiger partial charge in [0.1, 0.15) is 11.1 Å². The predicted octanol–water partition coefficient (Wildman–Crippen LogP) is 5.19. The Morgan fingerprint density at radius 2 is 1.78 bits per heavy atom. The van der Waals surface area contributed by atoms with Crippen molar-refractivity contribution in [3.63, 3.8) is 0 Å². The molecule has 0 radical (unpaired) electrons. The molecule has 0 saturated carbocycles. The van der Waals surface area contributed by atoms with Gasteiger partial charge in [0.15, 0.2) is 5.78 Å². The monoisotopic (exact) mass is 381 g/mol. The highest BCUT2D eigenvalue weighted by atomic mass is 35.5. The first-order valence-corrected chi connectivity index (χ1v) is 9.20. The molecule has 0 spiro atoms. The molecule has 5 heteroatoms. The number of hydrogen-bond acceptors (Lipinski definition) is 4. The van der Waals surface area contributed by atoms with Crippen LogP contribution in [-0.2, 0) is 0 Å². The van der Waals surface area contributed by atoms with Crippen LogP contribution in [0, 0.1) is 0 Å². The van der Waals surface area contributed by atoms with Crippen molar-refractivity contribution >= 4 is 40.1 Å². The van der Waals surface area contributed by atoms with Crippen LogP contribution in [0.3, 0.4) is 0 Å². The minimum absolute atomic E-state index is 0.0132. The summed E-state index contributed by atoms with van der Waals surface area (Å²) in [4.78, 5) is 26.8. The summed E-state index contributed by atoms with van der Waals surface area (Å²) >= 11 is 5.97. The van der Waals surface area contributed by atoms with E-state index >= 15 is 0 Å². The summed E-state index contributed by atoms with van der Waals surface area (Å²) in [6.45, 7) is 6.09. The summed E-state index contributed by atoms with van der Waals surface area (Å²) in [7, 11) is 0. The first kappa shape index (κ1) is 18.9. The first-order valence-electron chi connectivity index (χ1n) is 8.82. The molecule has 0 amide bonds. The lowest BCUT2D eigenvalue weighted by Gasteiger charge is -2.20. The molecule has 27 heavy (non-hydrogen) atoms. The second-order valence-electron chi connectivity index (χ2n) is 6.09. The fourth-order valence-corrected chi connectivity index (χ4v) is 3.09. The zero-order valence-electron chi connectivity index (χ0n) is 15.2. The predicted molar refractivity (Wildman–Crippen MR) is 111 cm³/mol. The topological polar surface area (TPSA) is 50.5 Å². The van der Waals surface area contributed by atoms with Gasteiger partial charge in [-0.2, -0.15) is 0 Å². The maximum atomic E-state index is 12.4. The Labute approximate surface area is 162 Å². The molecule has 0 unspecified atom stereocenters. The maximum Gasteiger partial charge on any atom is 0.347 e. The van der Waals surface area contributed by atoms with E-state index in [1.54, 1.807) is 24.3 Å². The van der Waals surface area contributed by atoms with Gasteiger partial charge in [0.2, 0.25) is 0 Å². The number of anilines is 1. The number of rotatable bonds is 6. The van der Waals surface area contributed by atoms with Crippen LogP contribution in [-0.4, -0.2) is 18.9 Å². The van der Waals surface area contributed by atoms with Gasteiger partial charge >= 0.3 is 5.63 Å². The van der Waals surface area contributed by atoms with E-state index in [-0.39, 0.29) is 5.56 Å². The summed E-state index contributed by atoms with van der Waals surface area (Å²) in [5, 5.41) is 1.13. The van der Waals surface area contributed by atoms with Crippen molar-refractivity contribution in [2.75, 3.05) is 18.0 Å². The second kappa shape index (κ2) is 8.23. The summed E-state index contributed by atoms with van der Waals surface area (Å²) in [5.74, 6) is -0.404. The van der Waals surface area contributed by atoms with Crippen LogP contribution in [0.25, 0.3) is 17.0 Å². The molecule has 0 saturated heterocycles. The van der Waals surface area contributed by atoms with Crippen molar-refractivity contribution in [3.05, 3.63) is 81.2 Å². The zero-order chi connectivity index (χ0) is 19.4. The van der Waals surface area contributed by atoms with Crippen molar-refractivity contribution < 1.29 is 9.21 Å². The minimum atomic E-state index is -0.656. The molecule has 1 aromatic heterocycles. The Hall–Kier alpha value is -2.85. The van der Waals surface area contributed by atoms with E-state index in [1.807, 2.05) is 24.3 Å². The Morgan fingerprint density at radius 1 is 1.07 bits per heavy atom. The average molecular weight is 382 g/mol. The largest absolute Gasteiger partial charge is 0.422 e. The number of halogens is 1. The highest BCUT2D eigenvalue weighted by molar-refractivity contribution is 6.31. The van der Waals surface area contributed by atoms with E-state index in [0.29, 0.717) is 16.0 Å². The van der Waals surface area contributed by atoms with Crippen LogP contribution in [0.2, 0.25) is 5.02 Å². The van der Waals surface area contributed by atoms with Crippen LogP contribution in [0.4, 0.5) is 5.69 Å². The lowest BCUT2D eigenvalue weighted by molar-refractivity contribution is 0.104. The fraction of sp³-hybridized carbons (Fsp3) is 0.182. The van der Waals surface area contributed by atoms with Gasteiger partial charge in [0, 0.05) is 29.2 Å². The second-order valence-corrected chi connectivity index (χ2v) is 6.53. The third-order valence-corrected chi connectivity index (χ3v) is 4.64. The molecule has 3 aromatic rings. The van der Waals surface area contributed by atoms with E-state index in [1.165, 1.54) is 12.1 Å². The Morgan fingerprint density at radius 3 is 2.44 bits per heavy atom. The summed E-state index contributed by atoms with van der Waals surface area (Å²) < 4.78 is 5.21. The number of hydrogen-bond donors (Lipinski definition) is 0. The van der Waals surface area contributed by atoms with Crippen LogP contribution in [0.5, 0.6) is 0 Å². The number of carbonyl (C=O) groups excluding carboxylic acids is 1. The van der Waals surface area contributed by atoms with E-state index < -0.39 is 11.4 Å². The van der Waals surface area contributed by atoms with Gasteiger partial charge in [-0.25, -0.2) is 4.79 Å². The van der Waals surface area contributed by atoms with E-state index in [0.717, 1.165) is 24.3 Å². The Kier molecular flexibility index (Phi) is 5.77. The van der Waals surface area contributed by atoms with Gasteiger partial charge in [0.05, 0.1) is 0 Å². The lowest BCUT2D eigenvalue weighted by Crippen LogP contribution is -2.21. The molecule has 0 N–H and O–H groups in total. The molecule has 0 aliphatic carbocycles. The van der Waals surface area contributed by atoms with Crippen LogP contribution < -0.4 is 10.5 Å². The highest BCUT2D eigenvalue weighted by Gasteiger charge is 2.11. The molecule has 0 atom stereocenters. The normalized spacial score (nSPS) is 11.2. The quantitative estimate of drug-likeness (QED) is 0.335. The van der Waals surface area contributed by atoms with E-state index in [2.05, 4.69) is 18.7 Å². The first-order chi connectivity index (χ1) is 13.0. The third kappa shape index (κ3) is 4.29. The van der Waals surface area contributed by atoms with Crippen molar-refractivity contribution in [1.29, 1.82) is 0 Å². The fourth-order valence-electron chi connectivity index (χ4n) is 2.91. The lowest BCUT2D eigenvalue weighted by atomic mass is 10.1. The molecular formula is C22H20ClNO3. The van der Waals surface area contributed by atoms with Crippen LogP contribution >= 0.6 is 11.6 Å². The highest BCUT2D eigenvalue weighted by Crippen LogP contribution is 2.19. The third-order valence-electron chi connectivity index (χ3n) is 4.41. The molecule has 1 heterocycles. The number of fused-ring (bicyclic) bond motifs is 1. The van der Waals surface area contributed by atoms with E-state index in [4.69, 9.17) is 16.0 Å². The molecule has 2 aromatic carbocycles. The van der Waals surface area contributed by atoms with Gasteiger partial charge < -0.3 is 9.32 Å². The number of nitrogens with zero attached hydrogens (tertiary/aromatic N) is 1. The molecule has 0 fully saturated rings. The number of allylic oxidation sites excluding steroid dienone is 1. The van der Waals surface area contributed by atoms with Gasteiger partial charge in [-0.3, -0.25) is 4.79 Å². The van der Waals surface area contributed by atoms with Crippen molar-refractivity contribution in [2.45, 2.75) is 13.8 Å². The molecule has 0 aliphatic heterocycles. The number of ketones is 1. The molecule has 4 nitrogen and oxygen atoms in total. The van der Waals surface area contributed by atoms with Crippen LogP contribution in [0.1, 0.15) is 29.8 Å². The summed E-state index contributed by atoms with van der Waals surface area (Å²) in [5.41, 5.74) is 1.75. The molecule has 0 bridgehead atoms.